The van der Waals surface area contributed by atoms with Gasteiger partial charge in [-0.2, -0.15) is 0 Å². The number of hydrogen-bond donors (Lipinski definition) is 0. The standard InChI is InChI=1S/C15H14BrNO2/c16-14-7-2-1-6-13(14)15(18)11-19-10-8-12-5-3-4-9-17-12/h1-7,9H,8,10-11H2. The summed E-state index contributed by atoms with van der Waals surface area (Å²) in [5, 5.41) is 0. The van der Waals surface area contributed by atoms with Crippen LogP contribution in [0.5, 0.6) is 0 Å². The molecule has 1 heterocycles. The Morgan fingerprint density at radius 2 is 1.95 bits per heavy atom. The van der Waals surface area contributed by atoms with Crippen LogP contribution in [0.1, 0.15) is 16.1 Å². The SMILES string of the molecule is O=C(COCCc1ccccn1)c1ccccc1Br. The highest BCUT2D eigenvalue weighted by Crippen LogP contribution is 2.16. The summed E-state index contributed by atoms with van der Waals surface area (Å²) in [5.74, 6) is -0.0199. The van der Waals surface area contributed by atoms with Gasteiger partial charge in [0, 0.05) is 28.3 Å². The molecule has 0 amide bonds. The van der Waals surface area contributed by atoms with Crippen molar-refractivity contribution in [3.8, 4) is 0 Å². The zero-order valence-electron chi connectivity index (χ0n) is 10.4. The molecule has 0 aliphatic rings. The maximum Gasteiger partial charge on any atom is 0.189 e. The van der Waals surface area contributed by atoms with Crippen molar-refractivity contribution in [3.05, 3.63) is 64.4 Å². The minimum Gasteiger partial charge on any atom is -0.373 e. The Balaban J connectivity index is 1.77. The normalized spacial score (nSPS) is 10.4. The monoisotopic (exact) mass is 319 g/mol. The molecule has 0 aliphatic carbocycles. The molecule has 0 radical (unpaired) electrons. The maximum absolute atomic E-state index is 11.9. The highest BCUT2D eigenvalue weighted by atomic mass is 79.9. The molecule has 0 fully saturated rings. The lowest BCUT2D eigenvalue weighted by atomic mass is 10.1. The summed E-state index contributed by atoms with van der Waals surface area (Å²) in [4.78, 5) is 16.1. The summed E-state index contributed by atoms with van der Waals surface area (Å²) >= 11 is 3.36. The number of Topliss-reactive ketones (excluding diaryl/α,β-unsaturated/α-hetero) is 1. The first-order valence-electron chi connectivity index (χ1n) is 6.03. The van der Waals surface area contributed by atoms with E-state index in [1.165, 1.54) is 0 Å². The Hall–Kier alpha value is -1.52. The van der Waals surface area contributed by atoms with Gasteiger partial charge in [0.15, 0.2) is 5.78 Å². The lowest BCUT2D eigenvalue weighted by molar-refractivity contribution is 0.0763. The van der Waals surface area contributed by atoms with E-state index < -0.39 is 0 Å². The lowest BCUT2D eigenvalue weighted by Gasteiger charge is -2.05. The Labute approximate surface area is 120 Å². The van der Waals surface area contributed by atoms with Gasteiger partial charge in [-0.1, -0.05) is 40.2 Å². The van der Waals surface area contributed by atoms with Gasteiger partial charge in [0.1, 0.15) is 6.61 Å². The molecular formula is C15H14BrNO2. The van der Waals surface area contributed by atoms with Crippen LogP contribution in [0.2, 0.25) is 0 Å². The number of ether oxygens (including phenoxy) is 1. The fourth-order valence-corrected chi connectivity index (χ4v) is 2.16. The highest BCUT2D eigenvalue weighted by Gasteiger charge is 2.09. The molecule has 4 heteroatoms. The number of pyridine rings is 1. The molecule has 1 aromatic heterocycles. The van der Waals surface area contributed by atoms with Gasteiger partial charge in [-0.3, -0.25) is 9.78 Å². The van der Waals surface area contributed by atoms with Crippen LogP contribution >= 0.6 is 15.9 Å². The summed E-state index contributed by atoms with van der Waals surface area (Å²) in [6.07, 6.45) is 2.46. The van der Waals surface area contributed by atoms with Crippen molar-refractivity contribution in [2.24, 2.45) is 0 Å². The molecule has 0 unspecified atom stereocenters. The average molecular weight is 320 g/mol. The van der Waals surface area contributed by atoms with Crippen molar-refractivity contribution in [3.63, 3.8) is 0 Å². The molecule has 98 valence electrons. The molecule has 19 heavy (non-hydrogen) atoms. The minimum atomic E-state index is -0.0199. The van der Waals surface area contributed by atoms with Crippen molar-refractivity contribution in [2.75, 3.05) is 13.2 Å². The summed E-state index contributed by atoms with van der Waals surface area (Å²) in [5.41, 5.74) is 1.62. The van der Waals surface area contributed by atoms with Crippen molar-refractivity contribution >= 4 is 21.7 Å². The quantitative estimate of drug-likeness (QED) is 0.606. The second-order valence-corrected chi connectivity index (χ2v) is 4.88. The molecule has 2 aromatic rings. The Kier molecular flexibility index (Phi) is 5.24. The van der Waals surface area contributed by atoms with Crippen molar-refractivity contribution < 1.29 is 9.53 Å². The minimum absolute atomic E-state index is 0.0199. The van der Waals surface area contributed by atoms with Gasteiger partial charge < -0.3 is 4.74 Å². The zero-order chi connectivity index (χ0) is 13.5. The molecule has 0 spiro atoms. The molecule has 1 aromatic carbocycles. The van der Waals surface area contributed by atoms with E-state index in [4.69, 9.17) is 4.74 Å². The third-order valence-electron chi connectivity index (χ3n) is 2.64. The van der Waals surface area contributed by atoms with Gasteiger partial charge in [0.05, 0.1) is 6.61 Å². The summed E-state index contributed by atoms with van der Waals surface area (Å²) in [6.45, 7) is 0.586. The summed E-state index contributed by atoms with van der Waals surface area (Å²) in [6, 6.07) is 13.1. The largest absolute Gasteiger partial charge is 0.373 e. The van der Waals surface area contributed by atoms with Crippen LogP contribution < -0.4 is 0 Å². The Bertz CT molecular complexity index is 543. The van der Waals surface area contributed by atoms with E-state index >= 15 is 0 Å². The van der Waals surface area contributed by atoms with Gasteiger partial charge in [-0.15, -0.1) is 0 Å². The first kappa shape index (κ1) is 13.9. The number of carbonyl (C=O) groups excluding carboxylic acids is 1. The second-order valence-electron chi connectivity index (χ2n) is 4.03. The number of benzene rings is 1. The molecule has 0 aliphatic heterocycles. The van der Waals surface area contributed by atoms with Gasteiger partial charge >= 0.3 is 0 Å². The number of hydrogen-bond acceptors (Lipinski definition) is 3. The van der Waals surface area contributed by atoms with E-state index in [2.05, 4.69) is 20.9 Å². The smallest absolute Gasteiger partial charge is 0.189 e. The number of nitrogens with zero attached hydrogens (tertiary/aromatic N) is 1. The molecule has 0 atom stereocenters. The van der Waals surface area contributed by atoms with Crippen molar-refractivity contribution in [1.82, 2.24) is 4.98 Å². The Morgan fingerprint density at radius 3 is 2.68 bits per heavy atom. The van der Waals surface area contributed by atoms with E-state index in [0.717, 1.165) is 10.2 Å². The van der Waals surface area contributed by atoms with Crippen LogP contribution in [-0.2, 0) is 11.2 Å². The predicted octanol–water partition coefficient (Wildman–Crippen LogP) is 3.29. The van der Waals surface area contributed by atoms with Crippen LogP contribution in [0.4, 0.5) is 0 Å². The van der Waals surface area contributed by atoms with E-state index in [9.17, 15) is 4.79 Å². The van der Waals surface area contributed by atoms with Crippen LogP contribution in [-0.4, -0.2) is 24.0 Å². The van der Waals surface area contributed by atoms with Gasteiger partial charge in [0.2, 0.25) is 0 Å². The fourth-order valence-electron chi connectivity index (χ4n) is 1.65. The summed E-state index contributed by atoms with van der Waals surface area (Å²) < 4.78 is 6.20. The number of halogens is 1. The van der Waals surface area contributed by atoms with Crippen LogP contribution in [0.15, 0.2) is 53.1 Å². The number of aromatic nitrogens is 1. The maximum atomic E-state index is 11.9. The topological polar surface area (TPSA) is 39.2 Å². The molecule has 0 saturated heterocycles. The molecule has 2 rings (SSSR count). The third kappa shape index (κ3) is 4.26. The van der Waals surface area contributed by atoms with Gasteiger partial charge in [-0.05, 0) is 18.2 Å². The lowest BCUT2D eigenvalue weighted by Crippen LogP contribution is -2.11. The Morgan fingerprint density at radius 1 is 1.16 bits per heavy atom. The average Bonchev–Trinajstić information content (AvgIpc) is 2.45. The van der Waals surface area contributed by atoms with E-state index in [1.54, 1.807) is 12.3 Å². The molecule has 0 saturated carbocycles. The predicted molar refractivity (Wildman–Crippen MR) is 77.2 cm³/mol. The number of carbonyl (C=O) groups is 1. The summed E-state index contributed by atoms with van der Waals surface area (Å²) in [7, 11) is 0. The highest BCUT2D eigenvalue weighted by molar-refractivity contribution is 9.10. The first-order chi connectivity index (χ1) is 9.27. The molecule has 0 N–H and O–H groups in total. The van der Waals surface area contributed by atoms with Gasteiger partial charge in [-0.25, -0.2) is 0 Å². The van der Waals surface area contributed by atoms with E-state index in [-0.39, 0.29) is 12.4 Å². The van der Waals surface area contributed by atoms with Gasteiger partial charge in [0.25, 0.3) is 0 Å². The zero-order valence-corrected chi connectivity index (χ0v) is 12.0. The second kappa shape index (κ2) is 7.16. The number of rotatable bonds is 6. The first-order valence-corrected chi connectivity index (χ1v) is 6.82. The van der Waals surface area contributed by atoms with Crippen LogP contribution in [0.3, 0.4) is 0 Å². The van der Waals surface area contributed by atoms with E-state index in [1.807, 2.05) is 36.4 Å². The fraction of sp³-hybridized carbons (Fsp3) is 0.200. The molecular weight excluding hydrogens is 306 g/mol. The third-order valence-corrected chi connectivity index (χ3v) is 3.33. The molecule has 3 nitrogen and oxygen atoms in total. The van der Waals surface area contributed by atoms with E-state index in [0.29, 0.717) is 18.6 Å². The number of ketones is 1. The van der Waals surface area contributed by atoms with Crippen molar-refractivity contribution in [1.29, 1.82) is 0 Å². The molecule has 0 bridgehead atoms. The van der Waals surface area contributed by atoms with Crippen LogP contribution in [0, 0.1) is 0 Å². The van der Waals surface area contributed by atoms with Crippen LogP contribution in [0.25, 0.3) is 0 Å². The van der Waals surface area contributed by atoms with Crippen molar-refractivity contribution in [2.45, 2.75) is 6.42 Å².